The summed E-state index contributed by atoms with van der Waals surface area (Å²) < 4.78 is 2.29. The highest BCUT2D eigenvalue weighted by atomic mass is 32.2. The van der Waals surface area contributed by atoms with Gasteiger partial charge in [-0.2, -0.15) is 4.98 Å². The first-order valence-electron chi connectivity index (χ1n) is 11.5. The molecule has 1 saturated heterocycles. The van der Waals surface area contributed by atoms with Gasteiger partial charge in [-0.3, -0.25) is 0 Å². The van der Waals surface area contributed by atoms with E-state index in [0.29, 0.717) is 12.0 Å². The fourth-order valence-electron chi connectivity index (χ4n) is 4.21. The second-order valence-electron chi connectivity index (χ2n) is 8.78. The van der Waals surface area contributed by atoms with Crippen LogP contribution >= 0.6 is 11.8 Å². The minimum atomic E-state index is 0.479. The lowest BCUT2D eigenvalue weighted by Crippen LogP contribution is -2.44. The Bertz CT molecular complexity index is 1240. The molecule has 1 saturated carbocycles. The summed E-state index contributed by atoms with van der Waals surface area (Å²) in [5, 5.41) is 4.37. The number of rotatable bonds is 6. The summed E-state index contributed by atoms with van der Waals surface area (Å²) in [4.78, 5) is 20.2. The van der Waals surface area contributed by atoms with Gasteiger partial charge in [-0.1, -0.05) is 30.0 Å². The predicted molar refractivity (Wildman–Crippen MR) is 134 cm³/mol. The Balaban J connectivity index is 1.23. The van der Waals surface area contributed by atoms with Gasteiger partial charge in [0, 0.05) is 48.5 Å². The molecule has 6 rings (SSSR count). The van der Waals surface area contributed by atoms with Crippen molar-refractivity contribution in [1.29, 1.82) is 0 Å². The average Bonchev–Trinajstić information content (AvgIpc) is 3.62. The number of anilines is 3. The van der Waals surface area contributed by atoms with Gasteiger partial charge in [-0.25, -0.2) is 9.97 Å². The van der Waals surface area contributed by atoms with Crippen molar-refractivity contribution in [2.45, 2.75) is 28.9 Å². The van der Waals surface area contributed by atoms with E-state index < -0.39 is 0 Å². The molecule has 4 aromatic rings. The summed E-state index contributed by atoms with van der Waals surface area (Å²) in [6.07, 6.45) is 4.18. The molecule has 0 atom stereocenters. The van der Waals surface area contributed by atoms with E-state index in [2.05, 4.69) is 80.2 Å². The molecule has 2 aromatic carbocycles. The fourth-order valence-corrected chi connectivity index (χ4v) is 5.19. The van der Waals surface area contributed by atoms with Gasteiger partial charge in [0.2, 0.25) is 5.95 Å². The van der Waals surface area contributed by atoms with Crippen LogP contribution in [-0.4, -0.2) is 57.6 Å². The number of hydrogen-bond donors (Lipinski definition) is 1. The van der Waals surface area contributed by atoms with E-state index in [4.69, 9.17) is 9.97 Å². The van der Waals surface area contributed by atoms with Gasteiger partial charge in [0.15, 0.2) is 10.8 Å². The third kappa shape index (κ3) is 4.41. The van der Waals surface area contributed by atoms with E-state index in [1.54, 1.807) is 11.8 Å². The van der Waals surface area contributed by atoms with Crippen LogP contribution in [0.2, 0.25) is 0 Å². The summed E-state index contributed by atoms with van der Waals surface area (Å²) in [6.45, 7) is 4.34. The Morgan fingerprint density at radius 1 is 0.909 bits per heavy atom. The summed E-state index contributed by atoms with van der Waals surface area (Å²) in [5.41, 5.74) is 4.00. The molecule has 33 heavy (non-hydrogen) atoms. The maximum Gasteiger partial charge on any atom is 0.229 e. The summed E-state index contributed by atoms with van der Waals surface area (Å²) >= 11 is 1.69. The molecule has 168 valence electrons. The number of likely N-dealkylation sites (N-methyl/N-ethyl adjacent to an activating group) is 1. The van der Waals surface area contributed by atoms with Crippen molar-refractivity contribution in [1.82, 2.24) is 24.4 Å². The Morgan fingerprint density at radius 3 is 2.39 bits per heavy atom. The fraction of sp³-hybridized carbons (Fsp3) is 0.320. The zero-order valence-corrected chi connectivity index (χ0v) is 19.5. The quantitative estimate of drug-likeness (QED) is 0.446. The van der Waals surface area contributed by atoms with E-state index in [0.717, 1.165) is 48.2 Å². The van der Waals surface area contributed by atoms with Crippen molar-refractivity contribution in [2.75, 3.05) is 43.4 Å². The Morgan fingerprint density at radius 2 is 1.67 bits per heavy atom. The maximum atomic E-state index is 4.86. The number of hydrogen-bond acceptors (Lipinski definition) is 7. The average molecular weight is 458 g/mol. The third-order valence-electron chi connectivity index (χ3n) is 6.26. The number of aromatic nitrogens is 4. The van der Waals surface area contributed by atoms with E-state index >= 15 is 0 Å². The maximum absolute atomic E-state index is 4.86. The highest BCUT2D eigenvalue weighted by Crippen LogP contribution is 2.42. The van der Waals surface area contributed by atoms with Gasteiger partial charge in [-0.15, -0.1) is 0 Å². The summed E-state index contributed by atoms with van der Waals surface area (Å²) in [7, 11) is 2.18. The zero-order valence-electron chi connectivity index (χ0n) is 18.7. The molecule has 0 amide bonds. The van der Waals surface area contributed by atoms with Crippen LogP contribution in [0.3, 0.4) is 0 Å². The number of nitrogens with one attached hydrogen (secondary N) is 1. The van der Waals surface area contributed by atoms with E-state index in [1.807, 2.05) is 12.3 Å². The Labute approximate surface area is 197 Å². The monoisotopic (exact) mass is 457 g/mol. The number of piperazine rings is 1. The SMILES string of the molecule is CN1CCN(c2ccc(Nc3ncc4nc(Sc5ccccc5)n(C5CC5)c4n3)cc2)CC1. The molecule has 0 unspecified atom stereocenters. The van der Waals surface area contributed by atoms with Crippen LogP contribution < -0.4 is 10.2 Å². The molecule has 0 spiro atoms. The number of imidazole rings is 1. The van der Waals surface area contributed by atoms with Gasteiger partial charge >= 0.3 is 0 Å². The molecule has 1 N–H and O–H groups in total. The van der Waals surface area contributed by atoms with Crippen molar-refractivity contribution in [3.05, 3.63) is 60.8 Å². The zero-order chi connectivity index (χ0) is 22.2. The molecular weight excluding hydrogens is 430 g/mol. The van der Waals surface area contributed by atoms with Crippen LogP contribution in [0.25, 0.3) is 11.2 Å². The molecule has 0 radical (unpaired) electrons. The minimum Gasteiger partial charge on any atom is -0.369 e. The molecular formula is C25H27N7S. The Kier molecular flexibility index (Phi) is 5.39. The largest absolute Gasteiger partial charge is 0.369 e. The lowest BCUT2D eigenvalue weighted by molar-refractivity contribution is 0.313. The van der Waals surface area contributed by atoms with Crippen LogP contribution in [0.15, 0.2) is 70.8 Å². The van der Waals surface area contributed by atoms with Crippen molar-refractivity contribution < 1.29 is 0 Å². The smallest absolute Gasteiger partial charge is 0.229 e. The van der Waals surface area contributed by atoms with Crippen molar-refractivity contribution >= 4 is 40.2 Å². The molecule has 8 heteroatoms. The topological polar surface area (TPSA) is 62.1 Å². The minimum absolute atomic E-state index is 0.479. The number of benzene rings is 2. The molecule has 2 fully saturated rings. The lowest BCUT2D eigenvalue weighted by atomic mass is 10.2. The van der Waals surface area contributed by atoms with Crippen LogP contribution in [0, 0.1) is 0 Å². The molecule has 2 aliphatic rings. The molecule has 3 heterocycles. The molecule has 1 aliphatic heterocycles. The van der Waals surface area contributed by atoms with Gasteiger partial charge in [-0.05, 0) is 56.3 Å². The van der Waals surface area contributed by atoms with Crippen LogP contribution in [0.4, 0.5) is 17.3 Å². The molecule has 1 aliphatic carbocycles. The second kappa shape index (κ2) is 8.68. The first-order valence-corrected chi connectivity index (χ1v) is 12.3. The van der Waals surface area contributed by atoms with Gasteiger partial charge in [0.25, 0.3) is 0 Å². The molecule has 0 bridgehead atoms. The summed E-state index contributed by atoms with van der Waals surface area (Å²) in [5.74, 6) is 0.605. The van der Waals surface area contributed by atoms with Crippen LogP contribution in [0.5, 0.6) is 0 Å². The number of fused-ring (bicyclic) bond motifs is 1. The standard InChI is InChI=1S/C25H27N7S/c1-30-13-15-31(16-14-30)19-9-7-18(8-10-19)27-24-26-17-22-23(29-24)32(20-11-12-20)25(28-22)33-21-5-3-2-4-6-21/h2-10,17,20H,11-16H2,1H3,(H,26,27,29). The Hall–Kier alpha value is -3.10. The highest BCUT2D eigenvalue weighted by Gasteiger charge is 2.29. The van der Waals surface area contributed by atoms with Gasteiger partial charge in [0.05, 0.1) is 6.20 Å². The number of nitrogens with zero attached hydrogens (tertiary/aromatic N) is 6. The third-order valence-corrected chi connectivity index (χ3v) is 7.24. The van der Waals surface area contributed by atoms with Gasteiger partial charge < -0.3 is 19.7 Å². The highest BCUT2D eigenvalue weighted by molar-refractivity contribution is 7.99. The molecule has 2 aromatic heterocycles. The van der Waals surface area contributed by atoms with Crippen molar-refractivity contribution in [2.24, 2.45) is 0 Å². The molecule has 7 nitrogen and oxygen atoms in total. The predicted octanol–water partition coefficient (Wildman–Crippen LogP) is 4.81. The summed E-state index contributed by atoms with van der Waals surface area (Å²) in [6, 6.07) is 19.4. The first-order chi connectivity index (χ1) is 16.2. The van der Waals surface area contributed by atoms with E-state index in [-0.39, 0.29) is 0 Å². The van der Waals surface area contributed by atoms with E-state index in [9.17, 15) is 0 Å². The normalized spacial score (nSPS) is 16.9. The van der Waals surface area contributed by atoms with Crippen molar-refractivity contribution in [3.63, 3.8) is 0 Å². The van der Waals surface area contributed by atoms with E-state index in [1.165, 1.54) is 23.4 Å². The second-order valence-corrected chi connectivity index (χ2v) is 9.82. The van der Waals surface area contributed by atoms with Gasteiger partial charge in [0.1, 0.15) is 5.52 Å². The van der Waals surface area contributed by atoms with Crippen LogP contribution in [0.1, 0.15) is 18.9 Å². The first kappa shape index (κ1) is 20.5. The van der Waals surface area contributed by atoms with Crippen LogP contribution in [-0.2, 0) is 0 Å². The lowest BCUT2D eigenvalue weighted by Gasteiger charge is -2.34. The van der Waals surface area contributed by atoms with Crippen molar-refractivity contribution in [3.8, 4) is 0 Å².